The molecule has 1 aromatic heterocycles. The Morgan fingerprint density at radius 2 is 1.88 bits per heavy atom. The smallest absolute Gasteiger partial charge is 0.151 e. The summed E-state index contributed by atoms with van der Waals surface area (Å²) in [6.45, 7) is 0. The van der Waals surface area contributed by atoms with Gasteiger partial charge in [0.25, 0.3) is 0 Å². The van der Waals surface area contributed by atoms with Crippen molar-refractivity contribution in [1.29, 1.82) is 0 Å². The first-order valence-corrected chi connectivity index (χ1v) is 6.79. The first kappa shape index (κ1) is 10.4. The molecule has 2 N–H and O–H groups in total. The summed E-state index contributed by atoms with van der Waals surface area (Å²) < 4.78 is 1.03. The second-order valence-corrected chi connectivity index (χ2v) is 5.71. The number of nitrogens with zero attached hydrogens (tertiary/aromatic N) is 1. The lowest BCUT2D eigenvalue weighted by Gasteiger charge is -2.29. The minimum Gasteiger partial charge on any atom is -0.360 e. The van der Waals surface area contributed by atoms with Crippen molar-refractivity contribution in [1.82, 2.24) is 4.98 Å². The molecule has 0 unspecified atom stereocenters. The van der Waals surface area contributed by atoms with Gasteiger partial charge in [0.2, 0.25) is 0 Å². The van der Waals surface area contributed by atoms with Crippen LogP contribution in [-0.2, 0) is 0 Å². The Balaban J connectivity index is 1.87. The molecule has 1 saturated carbocycles. The summed E-state index contributed by atoms with van der Waals surface area (Å²) in [6, 6.07) is 2.11. The molecule has 0 aromatic carbocycles. The molecule has 2 aliphatic rings. The number of fused-ring (bicyclic) bond motifs is 1. The van der Waals surface area contributed by atoms with Crippen LogP contribution >= 0.6 is 15.9 Å². The molecule has 0 amide bonds. The molecule has 1 aromatic rings. The molecular formula is C12H16BrN3. The summed E-state index contributed by atoms with van der Waals surface area (Å²) in [7, 11) is 0. The third-order valence-corrected chi connectivity index (χ3v) is 3.98. The maximum atomic E-state index is 4.42. The summed E-state index contributed by atoms with van der Waals surface area (Å²) in [5.74, 6) is 1.00. The Hall–Kier alpha value is -0.770. The molecule has 0 saturated heterocycles. The fraction of sp³-hybridized carbons (Fsp3) is 0.583. The normalized spacial score (nSPS) is 22.1. The molecule has 1 fully saturated rings. The van der Waals surface area contributed by atoms with E-state index in [0.29, 0.717) is 0 Å². The van der Waals surface area contributed by atoms with Crippen molar-refractivity contribution in [2.24, 2.45) is 0 Å². The van der Waals surface area contributed by atoms with E-state index in [1.807, 2.05) is 6.20 Å². The SMILES string of the molecule is Brc1cnc2c(c1)NC1(CCCCCC1)N2. The van der Waals surface area contributed by atoms with Crippen LogP contribution in [0.25, 0.3) is 0 Å². The van der Waals surface area contributed by atoms with Gasteiger partial charge in [-0.2, -0.15) is 0 Å². The van der Waals surface area contributed by atoms with Gasteiger partial charge < -0.3 is 10.6 Å². The highest BCUT2D eigenvalue weighted by Crippen LogP contribution is 2.40. The molecule has 1 spiro atoms. The lowest BCUT2D eigenvalue weighted by Crippen LogP contribution is -2.41. The summed E-state index contributed by atoms with van der Waals surface area (Å²) in [4.78, 5) is 4.42. The third-order valence-electron chi connectivity index (χ3n) is 3.54. The van der Waals surface area contributed by atoms with Gasteiger partial charge in [-0.05, 0) is 47.7 Å². The van der Waals surface area contributed by atoms with Gasteiger partial charge in [0, 0.05) is 10.7 Å². The first-order chi connectivity index (χ1) is 7.77. The van der Waals surface area contributed by atoms with Crippen LogP contribution in [0.4, 0.5) is 11.5 Å². The standard InChI is InChI=1S/C12H16BrN3/c13-9-7-10-11(14-8-9)16-12(15-10)5-3-1-2-4-6-12/h7-8,15H,1-6H2,(H,14,16). The molecular weight excluding hydrogens is 266 g/mol. The zero-order valence-corrected chi connectivity index (χ0v) is 10.8. The van der Waals surface area contributed by atoms with Crippen molar-refractivity contribution in [3.63, 3.8) is 0 Å². The van der Waals surface area contributed by atoms with Gasteiger partial charge in [-0.15, -0.1) is 0 Å². The number of pyridine rings is 1. The molecule has 1 aliphatic heterocycles. The average molecular weight is 282 g/mol. The highest BCUT2D eigenvalue weighted by Gasteiger charge is 2.36. The molecule has 0 bridgehead atoms. The molecule has 2 heterocycles. The van der Waals surface area contributed by atoms with Gasteiger partial charge in [0.15, 0.2) is 5.82 Å². The topological polar surface area (TPSA) is 37.0 Å². The van der Waals surface area contributed by atoms with Crippen LogP contribution in [0.5, 0.6) is 0 Å². The zero-order valence-electron chi connectivity index (χ0n) is 9.22. The maximum Gasteiger partial charge on any atom is 0.151 e. The van der Waals surface area contributed by atoms with Crippen LogP contribution < -0.4 is 10.6 Å². The van der Waals surface area contributed by atoms with Crippen LogP contribution in [0.2, 0.25) is 0 Å². The Labute approximate surface area is 104 Å². The highest BCUT2D eigenvalue weighted by atomic mass is 79.9. The highest BCUT2D eigenvalue weighted by molar-refractivity contribution is 9.10. The molecule has 0 radical (unpaired) electrons. The van der Waals surface area contributed by atoms with Crippen LogP contribution in [-0.4, -0.2) is 10.6 Å². The van der Waals surface area contributed by atoms with Crippen molar-refractivity contribution in [3.8, 4) is 0 Å². The number of hydrogen-bond acceptors (Lipinski definition) is 3. The van der Waals surface area contributed by atoms with E-state index in [-0.39, 0.29) is 5.66 Å². The second kappa shape index (κ2) is 3.91. The van der Waals surface area contributed by atoms with Crippen molar-refractivity contribution >= 4 is 27.4 Å². The Morgan fingerprint density at radius 1 is 1.12 bits per heavy atom. The molecule has 16 heavy (non-hydrogen) atoms. The van der Waals surface area contributed by atoms with Crippen molar-refractivity contribution < 1.29 is 0 Å². The van der Waals surface area contributed by atoms with Crippen LogP contribution in [0.1, 0.15) is 38.5 Å². The fourth-order valence-corrected chi connectivity index (χ4v) is 3.06. The molecule has 86 valence electrons. The number of rotatable bonds is 0. The number of nitrogens with one attached hydrogen (secondary N) is 2. The van der Waals surface area contributed by atoms with E-state index in [9.17, 15) is 0 Å². The Morgan fingerprint density at radius 3 is 2.62 bits per heavy atom. The number of aromatic nitrogens is 1. The molecule has 0 atom stereocenters. The number of anilines is 2. The van der Waals surface area contributed by atoms with E-state index in [1.54, 1.807) is 0 Å². The van der Waals surface area contributed by atoms with Gasteiger partial charge in [0.1, 0.15) is 5.66 Å². The summed E-state index contributed by atoms with van der Waals surface area (Å²) in [5, 5.41) is 7.20. The van der Waals surface area contributed by atoms with Gasteiger partial charge in [-0.25, -0.2) is 4.98 Å². The summed E-state index contributed by atoms with van der Waals surface area (Å²) >= 11 is 3.46. The van der Waals surface area contributed by atoms with Gasteiger partial charge >= 0.3 is 0 Å². The lowest BCUT2D eigenvalue weighted by molar-refractivity contribution is 0.472. The Kier molecular flexibility index (Phi) is 2.54. The number of halogens is 1. The minimum atomic E-state index is 0.0760. The quantitative estimate of drug-likeness (QED) is 0.761. The molecule has 3 rings (SSSR count). The van der Waals surface area contributed by atoms with Crippen LogP contribution in [0.15, 0.2) is 16.7 Å². The molecule has 4 heteroatoms. The third kappa shape index (κ3) is 1.79. The molecule has 1 aliphatic carbocycles. The van der Waals surface area contributed by atoms with Crippen molar-refractivity contribution in [3.05, 3.63) is 16.7 Å². The van der Waals surface area contributed by atoms with E-state index in [2.05, 4.69) is 37.6 Å². The Bertz CT molecular complexity index is 397. The van der Waals surface area contributed by atoms with E-state index in [1.165, 1.54) is 38.5 Å². The molecule has 3 nitrogen and oxygen atoms in total. The van der Waals surface area contributed by atoms with Gasteiger partial charge in [-0.1, -0.05) is 12.8 Å². The number of hydrogen-bond donors (Lipinski definition) is 2. The predicted octanol–water partition coefficient (Wildman–Crippen LogP) is 3.73. The van der Waals surface area contributed by atoms with Crippen LogP contribution in [0, 0.1) is 0 Å². The van der Waals surface area contributed by atoms with Gasteiger partial charge in [-0.3, -0.25) is 0 Å². The lowest BCUT2D eigenvalue weighted by atomic mass is 10.0. The van der Waals surface area contributed by atoms with Crippen molar-refractivity contribution in [2.75, 3.05) is 10.6 Å². The van der Waals surface area contributed by atoms with E-state index in [4.69, 9.17) is 0 Å². The first-order valence-electron chi connectivity index (χ1n) is 5.99. The zero-order chi connectivity index (χ0) is 11.0. The summed E-state index contributed by atoms with van der Waals surface area (Å²) in [5.41, 5.74) is 1.21. The summed E-state index contributed by atoms with van der Waals surface area (Å²) in [6.07, 6.45) is 9.56. The minimum absolute atomic E-state index is 0.0760. The van der Waals surface area contributed by atoms with E-state index < -0.39 is 0 Å². The fourth-order valence-electron chi connectivity index (χ4n) is 2.73. The average Bonchev–Trinajstić information content (AvgIpc) is 2.44. The maximum absolute atomic E-state index is 4.42. The van der Waals surface area contributed by atoms with E-state index >= 15 is 0 Å². The largest absolute Gasteiger partial charge is 0.360 e. The van der Waals surface area contributed by atoms with E-state index in [0.717, 1.165) is 16.0 Å². The van der Waals surface area contributed by atoms with Gasteiger partial charge in [0.05, 0.1) is 5.69 Å². The predicted molar refractivity (Wildman–Crippen MR) is 69.6 cm³/mol. The monoisotopic (exact) mass is 281 g/mol. The second-order valence-electron chi connectivity index (χ2n) is 4.80. The van der Waals surface area contributed by atoms with Crippen LogP contribution in [0.3, 0.4) is 0 Å². The van der Waals surface area contributed by atoms with Crippen molar-refractivity contribution in [2.45, 2.75) is 44.2 Å².